The molecule has 3 fully saturated rings. The lowest BCUT2D eigenvalue weighted by molar-refractivity contribution is -0.121. The third kappa shape index (κ3) is 1.86. The van der Waals surface area contributed by atoms with Gasteiger partial charge in [-0.05, 0) is 42.9 Å². The van der Waals surface area contributed by atoms with Crippen LogP contribution >= 0.6 is 0 Å². The van der Waals surface area contributed by atoms with Crippen molar-refractivity contribution in [3.8, 4) is 0 Å². The topological polar surface area (TPSA) is 17.1 Å². The lowest BCUT2D eigenvalue weighted by Crippen LogP contribution is -2.19. The molecule has 3 aliphatic rings. The van der Waals surface area contributed by atoms with Gasteiger partial charge < -0.3 is 0 Å². The van der Waals surface area contributed by atoms with Crippen molar-refractivity contribution < 1.29 is 4.79 Å². The van der Waals surface area contributed by atoms with Crippen LogP contribution in [0.2, 0.25) is 0 Å². The summed E-state index contributed by atoms with van der Waals surface area (Å²) in [6, 6.07) is 0. The summed E-state index contributed by atoms with van der Waals surface area (Å²) in [5, 5.41) is 0. The molecule has 2 unspecified atom stereocenters. The second-order valence-electron chi connectivity index (χ2n) is 6.21. The van der Waals surface area contributed by atoms with Gasteiger partial charge in [-0.2, -0.15) is 0 Å². The Bertz CT molecular complexity index is 261. The molecule has 0 N–H and O–H groups in total. The third-order valence-corrected chi connectivity index (χ3v) is 5.20. The highest BCUT2D eigenvalue weighted by Gasteiger charge is 2.60. The Morgan fingerprint density at radius 1 is 1.20 bits per heavy atom. The maximum atomic E-state index is 11.8. The fraction of sp³-hybridized carbons (Fsp3) is 0.929. The molecule has 84 valence electrons. The first kappa shape index (κ1) is 9.86. The van der Waals surface area contributed by atoms with Crippen LogP contribution in [-0.2, 0) is 4.79 Å². The van der Waals surface area contributed by atoms with Gasteiger partial charge in [0.05, 0.1) is 0 Å². The molecule has 0 heterocycles. The minimum Gasteiger partial charge on any atom is -0.300 e. The minimum atomic E-state index is 0.562. The average Bonchev–Trinajstić information content (AvgIpc) is 2.66. The van der Waals surface area contributed by atoms with Gasteiger partial charge in [-0.3, -0.25) is 4.79 Å². The van der Waals surface area contributed by atoms with E-state index in [9.17, 15) is 4.79 Å². The number of rotatable bonds is 5. The van der Waals surface area contributed by atoms with E-state index in [0.717, 1.165) is 24.7 Å². The normalized spacial score (nSPS) is 38.5. The number of hydrogen-bond acceptors (Lipinski definition) is 1. The highest BCUT2D eigenvalue weighted by molar-refractivity contribution is 5.79. The molecule has 0 aromatic heterocycles. The van der Waals surface area contributed by atoms with E-state index in [0.29, 0.717) is 11.2 Å². The second-order valence-corrected chi connectivity index (χ2v) is 6.21. The number of fused-ring (bicyclic) bond motifs is 1. The SMILES string of the molecule is O=C(CCC1CCCC1)CC12CCC1C2. The van der Waals surface area contributed by atoms with E-state index in [1.165, 1.54) is 51.4 Å². The van der Waals surface area contributed by atoms with Gasteiger partial charge in [0, 0.05) is 12.8 Å². The van der Waals surface area contributed by atoms with E-state index in [4.69, 9.17) is 0 Å². The summed E-state index contributed by atoms with van der Waals surface area (Å²) in [5.74, 6) is 2.43. The molecule has 15 heavy (non-hydrogen) atoms. The van der Waals surface area contributed by atoms with Gasteiger partial charge in [0.1, 0.15) is 5.78 Å². The molecule has 2 atom stereocenters. The lowest BCUT2D eigenvalue weighted by atomic mass is 9.80. The molecule has 0 aliphatic heterocycles. The highest BCUT2D eigenvalue weighted by Crippen LogP contribution is 2.69. The monoisotopic (exact) mass is 206 g/mol. The van der Waals surface area contributed by atoms with Crippen LogP contribution in [-0.4, -0.2) is 5.78 Å². The van der Waals surface area contributed by atoms with E-state index in [2.05, 4.69) is 0 Å². The Balaban J connectivity index is 1.38. The fourth-order valence-corrected chi connectivity index (χ4v) is 3.84. The van der Waals surface area contributed by atoms with Crippen LogP contribution in [0.3, 0.4) is 0 Å². The Kier molecular flexibility index (Phi) is 2.37. The second kappa shape index (κ2) is 3.61. The smallest absolute Gasteiger partial charge is 0.133 e. The van der Waals surface area contributed by atoms with Crippen molar-refractivity contribution in [2.45, 2.75) is 64.2 Å². The molecule has 0 saturated heterocycles. The maximum absolute atomic E-state index is 11.8. The molecule has 1 heteroatoms. The molecule has 0 spiro atoms. The predicted octanol–water partition coefficient (Wildman–Crippen LogP) is 3.72. The molecule has 3 saturated carbocycles. The number of carbonyl (C=O) groups excluding carboxylic acids is 1. The zero-order valence-corrected chi connectivity index (χ0v) is 9.63. The van der Waals surface area contributed by atoms with Gasteiger partial charge in [-0.25, -0.2) is 0 Å². The molecule has 0 aromatic carbocycles. The molecule has 0 amide bonds. The summed E-state index contributed by atoms with van der Waals surface area (Å²) in [6.45, 7) is 0. The first-order chi connectivity index (χ1) is 7.28. The van der Waals surface area contributed by atoms with Crippen molar-refractivity contribution in [2.24, 2.45) is 17.3 Å². The molecule has 3 aliphatic carbocycles. The van der Waals surface area contributed by atoms with Gasteiger partial charge in [-0.15, -0.1) is 0 Å². The van der Waals surface area contributed by atoms with E-state index < -0.39 is 0 Å². The van der Waals surface area contributed by atoms with Crippen LogP contribution in [0.1, 0.15) is 64.2 Å². The van der Waals surface area contributed by atoms with Crippen molar-refractivity contribution >= 4 is 5.78 Å². The summed E-state index contributed by atoms with van der Waals surface area (Å²) in [5.41, 5.74) is 0.562. The van der Waals surface area contributed by atoms with Crippen molar-refractivity contribution in [2.75, 3.05) is 0 Å². The number of ketones is 1. The first-order valence-corrected chi connectivity index (χ1v) is 6.80. The quantitative estimate of drug-likeness (QED) is 0.670. The number of carbonyl (C=O) groups is 1. The number of Topliss-reactive ketones (excluding diaryl/α,β-unsaturated/α-hetero) is 1. The zero-order valence-electron chi connectivity index (χ0n) is 9.63. The number of hydrogen-bond donors (Lipinski definition) is 0. The first-order valence-electron chi connectivity index (χ1n) is 6.80. The zero-order chi connectivity index (χ0) is 10.3. The average molecular weight is 206 g/mol. The predicted molar refractivity (Wildman–Crippen MR) is 60.6 cm³/mol. The van der Waals surface area contributed by atoms with Crippen molar-refractivity contribution in [3.05, 3.63) is 0 Å². The largest absolute Gasteiger partial charge is 0.300 e. The summed E-state index contributed by atoms with van der Waals surface area (Å²) < 4.78 is 0. The summed E-state index contributed by atoms with van der Waals surface area (Å²) >= 11 is 0. The Morgan fingerprint density at radius 2 is 2.00 bits per heavy atom. The van der Waals surface area contributed by atoms with E-state index >= 15 is 0 Å². The highest BCUT2D eigenvalue weighted by atomic mass is 16.1. The van der Waals surface area contributed by atoms with Crippen LogP contribution in [0.4, 0.5) is 0 Å². The van der Waals surface area contributed by atoms with Crippen LogP contribution in [0.15, 0.2) is 0 Å². The molecule has 0 radical (unpaired) electrons. The summed E-state index contributed by atoms with van der Waals surface area (Å²) in [4.78, 5) is 11.8. The van der Waals surface area contributed by atoms with Crippen LogP contribution in [0.25, 0.3) is 0 Å². The summed E-state index contributed by atoms with van der Waals surface area (Å²) in [7, 11) is 0. The maximum Gasteiger partial charge on any atom is 0.133 e. The van der Waals surface area contributed by atoms with Gasteiger partial charge >= 0.3 is 0 Å². The third-order valence-electron chi connectivity index (χ3n) is 5.20. The standard InChI is InChI=1S/C14H22O/c15-13(6-5-11-3-1-2-4-11)10-14-8-7-12(14)9-14/h11-12H,1-10H2. The summed E-state index contributed by atoms with van der Waals surface area (Å²) in [6.07, 6.45) is 12.8. The van der Waals surface area contributed by atoms with Crippen molar-refractivity contribution in [1.82, 2.24) is 0 Å². The Hall–Kier alpha value is -0.330. The van der Waals surface area contributed by atoms with Gasteiger partial charge in [-0.1, -0.05) is 25.7 Å². The Labute approximate surface area is 92.6 Å². The lowest BCUT2D eigenvalue weighted by Gasteiger charge is -2.24. The van der Waals surface area contributed by atoms with Gasteiger partial charge in [0.25, 0.3) is 0 Å². The van der Waals surface area contributed by atoms with Crippen molar-refractivity contribution in [3.63, 3.8) is 0 Å². The van der Waals surface area contributed by atoms with E-state index in [-0.39, 0.29) is 0 Å². The van der Waals surface area contributed by atoms with Gasteiger partial charge in [0.15, 0.2) is 0 Å². The minimum absolute atomic E-state index is 0.562. The van der Waals surface area contributed by atoms with Gasteiger partial charge in [0.2, 0.25) is 0 Å². The molecule has 3 rings (SSSR count). The van der Waals surface area contributed by atoms with E-state index in [1.807, 2.05) is 0 Å². The molecular weight excluding hydrogens is 184 g/mol. The Morgan fingerprint density at radius 3 is 2.53 bits per heavy atom. The molecule has 0 bridgehead atoms. The fourth-order valence-electron chi connectivity index (χ4n) is 3.84. The van der Waals surface area contributed by atoms with Crippen LogP contribution < -0.4 is 0 Å². The van der Waals surface area contributed by atoms with Crippen LogP contribution in [0, 0.1) is 17.3 Å². The van der Waals surface area contributed by atoms with E-state index in [1.54, 1.807) is 0 Å². The van der Waals surface area contributed by atoms with Crippen molar-refractivity contribution in [1.29, 1.82) is 0 Å². The molecular formula is C14H22O. The molecule has 0 aromatic rings. The molecule has 1 nitrogen and oxygen atoms in total. The van der Waals surface area contributed by atoms with Crippen LogP contribution in [0.5, 0.6) is 0 Å².